The first-order chi connectivity index (χ1) is 12.0. The van der Waals surface area contributed by atoms with Gasteiger partial charge >= 0.3 is 6.03 Å². The van der Waals surface area contributed by atoms with Gasteiger partial charge in [0.15, 0.2) is 0 Å². The first-order valence-electron chi connectivity index (χ1n) is 9.24. The van der Waals surface area contributed by atoms with Crippen molar-refractivity contribution in [2.75, 3.05) is 13.1 Å². The van der Waals surface area contributed by atoms with Gasteiger partial charge in [-0.2, -0.15) is 0 Å². The summed E-state index contributed by atoms with van der Waals surface area (Å²) >= 11 is 0. The Kier molecular flexibility index (Phi) is 4.15. The van der Waals surface area contributed by atoms with Crippen molar-refractivity contribution in [3.8, 4) is 0 Å². The number of hydrogen-bond acceptors (Lipinski definition) is 3. The molecule has 1 aromatic carbocycles. The zero-order valence-electron chi connectivity index (χ0n) is 14.7. The number of rotatable bonds is 3. The monoisotopic (exact) mass is 342 g/mol. The molecule has 2 amide bonds. The number of benzene rings is 1. The molecule has 0 spiro atoms. The molecule has 1 atom stereocenters. The Morgan fingerprint density at radius 1 is 1.32 bits per heavy atom. The number of para-hydroxylation sites is 2. The maximum Gasteiger partial charge on any atom is 0.317 e. The van der Waals surface area contributed by atoms with E-state index in [2.05, 4.69) is 16.0 Å². The maximum atomic E-state index is 12.5. The molecular formula is C19H26N4O2. The van der Waals surface area contributed by atoms with E-state index in [1.807, 2.05) is 30.0 Å². The Morgan fingerprint density at radius 3 is 2.92 bits per heavy atom. The molecule has 2 fully saturated rings. The molecule has 4 rings (SSSR count). The van der Waals surface area contributed by atoms with E-state index in [9.17, 15) is 9.90 Å². The Balaban J connectivity index is 1.45. The summed E-state index contributed by atoms with van der Waals surface area (Å²) in [4.78, 5) is 19.1. The zero-order chi connectivity index (χ0) is 17.4. The number of urea groups is 1. The molecule has 1 aliphatic heterocycles. The fraction of sp³-hybridized carbons (Fsp3) is 0.579. The Labute approximate surface area is 147 Å². The van der Waals surface area contributed by atoms with Crippen LogP contribution in [0.2, 0.25) is 0 Å². The van der Waals surface area contributed by atoms with E-state index >= 15 is 0 Å². The molecule has 0 radical (unpaired) electrons. The molecule has 2 heterocycles. The number of nitrogens with one attached hydrogen (secondary N) is 1. The SMILES string of the molecule is CC1(O)CCCN(C(=O)NCc2nc3ccccc3n2C2CC2)CC1. The first-order valence-corrected chi connectivity index (χ1v) is 9.24. The number of nitrogens with zero attached hydrogens (tertiary/aromatic N) is 3. The molecule has 2 aromatic rings. The van der Waals surface area contributed by atoms with E-state index in [4.69, 9.17) is 4.98 Å². The first kappa shape index (κ1) is 16.4. The van der Waals surface area contributed by atoms with Crippen LogP contribution in [0.15, 0.2) is 24.3 Å². The third-order valence-corrected chi connectivity index (χ3v) is 5.33. The van der Waals surface area contributed by atoms with Gasteiger partial charge in [0.05, 0.1) is 23.2 Å². The summed E-state index contributed by atoms with van der Waals surface area (Å²) < 4.78 is 2.28. The van der Waals surface area contributed by atoms with E-state index in [1.165, 1.54) is 12.8 Å². The average Bonchev–Trinajstić information content (AvgIpc) is 3.37. The van der Waals surface area contributed by atoms with Crippen molar-refractivity contribution < 1.29 is 9.90 Å². The van der Waals surface area contributed by atoms with Crippen LogP contribution in [0, 0.1) is 0 Å². The highest BCUT2D eigenvalue weighted by molar-refractivity contribution is 5.77. The van der Waals surface area contributed by atoms with Crippen LogP contribution in [0.1, 0.15) is 50.9 Å². The molecule has 25 heavy (non-hydrogen) atoms. The highest BCUT2D eigenvalue weighted by Gasteiger charge is 2.29. The third-order valence-electron chi connectivity index (χ3n) is 5.33. The molecule has 1 saturated carbocycles. The Bertz CT molecular complexity index is 779. The molecular weight excluding hydrogens is 316 g/mol. The summed E-state index contributed by atoms with van der Waals surface area (Å²) in [6.07, 6.45) is 4.57. The van der Waals surface area contributed by atoms with Crippen molar-refractivity contribution in [2.24, 2.45) is 0 Å². The summed E-state index contributed by atoms with van der Waals surface area (Å²) in [5.74, 6) is 0.930. The molecule has 1 aliphatic carbocycles. The minimum absolute atomic E-state index is 0.0629. The van der Waals surface area contributed by atoms with Crippen molar-refractivity contribution in [3.63, 3.8) is 0 Å². The largest absolute Gasteiger partial charge is 0.390 e. The lowest BCUT2D eigenvalue weighted by Gasteiger charge is -2.23. The number of likely N-dealkylation sites (tertiary alicyclic amines) is 1. The minimum atomic E-state index is -0.658. The Morgan fingerprint density at radius 2 is 2.12 bits per heavy atom. The average molecular weight is 342 g/mol. The van der Waals surface area contributed by atoms with Crippen molar-refractivity contribution >= 4 is 17.1 Å². The van der Waals surface area contributed by atoms with Crippen molar-refractivity contribution in [2.45, 2.75) is 57.2 Å². The van der Waals surface area contributed by atoms with E-state index in [-0.39, 0.29) is 6.03 Å². The van der Waals surface area contributed by atoms with Crippen molar-refractivity contribution in [1.29, 1.82) is 0 Å². The summed E-state index contributed by atoms with van der Waals surface area (Å²) in [5.41, 5.74) is 1.49. The number of hydrogen-bond donors (Lipinski definition) is 2. The molecule has 6 heteroatoms. The van der Waals surface area contributed by atoms with E-state index in [0.717, 1.165) is 29.7 Å². The van der Waals surface area contributed by atoms with Gasteiger partial charge in [0.25, 0.3) is 0 Å². The van der Waals surface area contributed by atoms with Crippen LogP contribution in [0.3, 0.4) is 0 Å². The van der Waals surface area contributed by atoms with Crippen molar-refractivity contribution in [1.82, 2.24) is 19.8 Å². The van der Waals surface area contributed by atoms with Gasteiger partial charge in [0, 0.05) is 19.1 Å². The van der Waals surface area contributed by atoms with Crippen LogP contribution in [-0.4, -0.2) is 44.3 Å². The topological polar surface area (TPSA) is 70.4 Å². The number of imidazole rings is 1. The predicted molar refractivity (Wildman–Crippen MR) is 96.3 cm³/mol. The summed E-state index contributed by atoms with van der Waals surface area (Å²) in [6, 6.07) is 8.62. The zero-order valence-corrected chi connectivity index (χ0v) is 14.7. The summed E-state index contributed by atoms with van der Waals surface area (Å²) in [6.45, 7) is 3.59. The maximum absolute atomic E-state index is 12.5. The second-order valence-electron chi connectivity index (χ2n) is 7.61. The Hall–Kier alpha value is -2.08. The van der Waals surface area contributed by atoms with Crippen LogP contribution in [0.25, 0.3) is 11.0 Å². The normalized spacial score (nSPS) is 24.3. The number of carbonyl (C=O) groups is 1. The summed E-state index contributed by atoms with van der Waals surface area (Å²) in [5, 5.41) is 13.2. The quantitative estimate of drug-likeness (QED) is 0.901. The third kappa shape index (κ3) is 3.49. The van der Waals surface area contributed by atoms with Crippen LogP contribution < -0.4 is 5.32 Å². The molecule has 0 bridgehead atoms. The molecule has 2 aliphatic rings. The van der Waals surface area contributed by atoms with Crippen LogP contribution >= 0.6 is 0 Å². The van der Waals surface area contributed by atoms with E-state index in [0.29, 0.717) is 32.1 Å². The second kappa shape index (κ2) is 6.33. The summed E-state index contributed by atoms with van der Waals surface area (Å²) in [7, 11) is 0. The smallest absolute Gasteiger partial charge is 0.317 e. The predicted octanol–water partition coefficient (Wildman–Crippen LogP) is 2.82. The van der Waals surface area contributed by atoms with Gasteiger partial charge < -0.3 is 19.9 Å². The second-order valence-corrected chi connectivity index (χ2v) is 7.61. The van der Waals surface area contributed by atoms with Gasteiger partial charge in [-0.05, 0) is 51.2 Å². The van der Waals surface area contributed by atoms with Crippen LogP contribution in [0.5, 0.6) is 0 Å². The number of aliphatic hydroxyl groups is 1. The standard InChI is InChI=1S/C19H26N4O2/c1-19(25)9-4-11-22(12-10-19)18(24)20-13-17-21-15-5-2-3-6-16(15)23(17)14-7-8-14/h2-3,5-6,14,25H,4,7-13H2,1H3,(H,20,24). The van der Waals surface area contributed by atoms with Gasteiger partial charge in [-0.1, -0.05) is 12.1 Å². The molecule has 1 saturated heterocycles. The van der Waals surface area contributed by atoms with Crippen molar-refractivity contribution in [3.05, 3.63) is 30.1 Å². The highest BCUT2D eigenvalue weighted by atomic mass is 16.3. The molecule has 1 aromatic heterocycles. The van der Waals surface area contributed by atoms with Gasteiger partial charge in [0.1, 0.15) is 5.82 Å². The highest BCUT2D eigenvalue weighted by Crippen LogP contribution is 2.38. The molecule has 1 unspecified atom stereocenters. The fourth-order valence-electron chi connectivity index (χ4n) is 3.69. The van der Waals surface area contributed by atoms with Gasteiger partial charge in [-0.25, -0.2) is 9.78 Å². The van der Waals surface area contributed by atoms with Gasteiger partial charge in [-0.15, -0.1) is 0 Å². The van der Waals surface area contributed by atoms with E-state index < -0.39 is 5.60 Å². The molecule has 2 N–H and O–H groups in total. The van der Waals surface area contributed by atoms with E-state index in [1.54, 1.807) is 0 Å². The number of amides is 2. The number of fused-ring (bicyclic) bond motifs is 1. The minimum Gasteiger partial charge on any atom is -0.390 e. The van der Waals surface area contributed by atoms with Gasteiger partial charge in [-0.3, -0.25) is 0 Å². The number of aromatic nitrogens is 2. The molecule has 134 valence electrons. The van der Waals surface area contributed by atoms with Crippen LogP contribution in [-0.2, 0) is 6.54 Å². The lowest BCUT2D eigenvalue weighted by Crippen LogP contribution is -2.41. The van der Waals surface area contributed by atoms with Crippen LogP contribution in [0.4, 0.5) is 4.79 Å². The lowest BCUT2D eigenvalue weighted by atomic mass is 9.98. The lowest BCUT2D eigenvalue weighted by molar-refractivity contribution is 0.0456. The van der Waals surface area contributed by atoms with Gasteiger partial charge in [0.2, 0.25) is 0 Å². The number of carbonyl (C=O) groups excluding carboxylic acids is 1. The molecule has 6 nitrogen and oxygen atoms in total. The fourth-order valence-corrected chi connectivity index (χ4v) is 3.69.